The fourth-order valence-corrected chi connectivity index (χ4v) is 3.66. The number of aryl methyl sites for hydroxylation is 1. The molecule has 0 spiro atoms. The molecule has 1 N–H and O–H groups in total. The second kappa shape index (κ2) is 7.63. The fourth-order valence-electron chi connectivity index (χ4n) is 2.76. The maximum atomic E-state index is 14.3. The zero-order valence-electron chi connectivity index (χ0n) is 16.1. The first-order chi connectivity index (χ1) is 13.6. The molecule has 0 unspecified atom stereocenters. The third-order valence-corrected chi connectivity index (χ3v) is 5.50. The van der Waals surface area contributed by atoms with E-state index >= 15 is 0 Å². The van der Waals surface area contributed by atoms with Crippen LogP contribution in [-0.4, -0.2) is 30.0 Å². The number of halogens is 1. The first-order valence-corrected chi connectivity index (χ1v) is 9.26. The molecule has 1 aromatic carbocycles. The van der Waals surface area contributed by atoms with E-state index in [1.165, 1.54) is 46.1 Å². The van der Waals surface area contributed by atoms with Crippen molar-refractivity contribution in [1.29, 1.82) is 0 Å². The van der Waals surface area contributed by atoms with Gasteiger partial charge in [-0.25, -0.2) is 19.2 Å². The number of allylic oxidation sites excluding steroid dienone is 2. The van der Waals surface area contributed by atoms with Gasteiger partial charge < -0.3 is 5.11 Å². The predicted molar refractivity (Wildman–Crippen MR) is 107 cm³/mol. The Morgan fingerprint density at radius 3 is 2.34 bits per heavy atom. The summed E-state index contributed by atoms with van der Waals surface area (Å²) in [6.07, 6.45) is 0. The van der Waals surface area contributed by atoms with Gasteiger partial charge in [0.15, 0.2) is 17.3 Å². The molecular weight excluding hydrogens is 399 g/mol. The number of fused-ring (bicyclic) bond motifs is 1. The number of thioether (sulfide) groups is 1. The van der Waals surface area contributed by atoms with Crippen molar-refractivity contribution in [2.75, 3.05) is 0 Å². The van der Waals surface area contributed by atoms with Crippen LogP contribution in [0.25, 0.3) is 22.4 Å². The van der Waals surface area contributed by atoms with Gasteiger partial charge in [0.2, 0.25) is 0 Å². The average molecular weight is 416 g/mol. The van der Waals surface area contributed by atoms with E-state index < -0.39 is 22.8 Å². The fraction of sp³-hybridized carbons (Fsp3) is 0.211. The number of carbonyl (C=O) groups excluding carboxylic acids is 1. The van der Waals surface area contributed by atoms with E-state index in [0.717, 1.165) is 20.9 Å². The number of hydrogen-bond donors (Lipinski definition) is 1. The second-order valence-corrected chi connectivity index (χ2v) is 7.31. The standard InChI is InChI=1S/C19H17FN4O4S/c1-9(25)14(10(2)26)29-17-13-16(23(3)19(28)24(4)18(13)27)21-15(22-17)11-7-5-6-8-12(11)20/h5-8,25H,1-4H3/b14-9-. The molecule has 0 radical (unpaired) electrons. The van der Waals surface area contributed by atoms with Crippen LogP contribution in [0.5, 0.6) is 0 Å². The first-order valence-electron chi connectivity index (χ1n) is 8.44. The normalized spacial score (nSPS) is 12.2. The van der Waals surface area contributed by atoms with Gasteiger partial charge in [0.25, 0.3) is 5.56 Å². The van der Waals surface area contributed by atoms with Crippen LogP contribution in [0.2, 0.25) is 0 Å². The number of ketones is 1. The van der Waals surface area contributed by atoms with E-state index in [2.05, 4.69) is 9.97 Å². The van der Waals surface area contributed by atoms with Crippen molar-refractivity contribution >= 4 is 28.6 Å². The predicted octanol–water partition coefficient (Wildman–Crippen LogP) is 2.30. The largest absolute Gasteiger partial charge is 0.511 e. The third kappa shape index (κ3) is 3.58. The Kier molecular flexibility index (Phi) is 5.38. The maximum absolute atomic E-state index is 14.3. The Balaban J connectivity index is 2.46. The van der Waals surface area contributed by atoms with Crippen LogP contribution in [0.1, 0.15) is 13.8 Å². The lowest BCUT2D eigenvalue weighted by Crippen LogP contribution is -2.37. The van der Waals surface area contributed by atoms with E-state index in [1.54, 1.807) is 6.07 Å². The monoisotopic (exact) mass is 416 g/mol. The van der Waals surface area contributed by atoms with Crippen LogP contribution in [0.4, 0.5) is 4.39 Å². The molecule has 29 heavy (non-hydrogen) atoms. The van der Waals surface area contributed by atoms with E-state index in [9.17, 15) is 23.9 Å². The highest BCUT2D eigenvalue weighted by Crippen LogP contribution is 2.33. The molecule has 0 aliphatic heterocycles. The van der Waals surface area contributed by atoms with Crippen LogP contribution in [0, 0.1) is 5.82 Å². The highest BCUT2D eigenvalue weighted by Gasteiger charge is 2.22. The summed E-state index contributed by atoms with van der Waals surface area (Å²) >= 11 is 0.764. The van der Waals surface area contributed by atoms with Crippen molar-refractivity contribution in [3.63, 3.8) is 0 Å². The summed E-state index contributed by atoms with van der Waals surface area (Å²) < 4.78 is 16.4. The molecule has 3 rings (SSSR count). The zero-order chi connectivity index (χ0) is 21.5. The Morgan fingerprint density at radius 2 is 1.76 bits per heavy atom. The number of rotatable bonds is 4. The van der Waals surface area contributed by atoms with Crippen molar-refractivity contribution in [3.05, 3.63) is 61.6 Å². The minimum absolute atomic E-state index is 0.00709. The number of aliphatic hydroxyl groups is 1. The van der Waals surface area contributed by atoms with Crippen LogP contribution in [-0.2, 0) is 18.9 Å². The summed E-state index contributed by atoms with van der Waals surface area (Å²) in [7, 11) is 2.73. The summed E-state index contributed by atoms with van der Waals surface area (Å²) in [5.74, 6) is -1.32. The van der Waals surface area contributed by atoms with Crippen LogP contribution < -0.4 is 11.2 Å². The lowest BCUT2D eigenvalue weighted by molar-refractivity contribution is -0.113. The molecule has 10 heteroatoms. The molecule has 2 heterocycles. The van der Waals surface area contributed by atoms with Gasteiger partial charge in [-0.2, -0.15) is 0 Å². The number of benzene rings is 1. The van der Waals surface area contributed by atoms with Crippen LogP contribution >= 0.6 is 11.8 Å². The Morgan fingerprint density at radius 1 is 1.10 bits per heavy atom. The topological polar surface area (TPSA) is 107 Å². The molecule has 0 saturated carbocycles. The van der Waals surface area contributed by atoms with Crippen molar-refractivity contribution in [2.24, 2.45) is 14.1 Å². The number of hydrogen-bond acceptors (Lipinski definition) is 7. The molecule has 150 valence electrons. The molecule has 0 amide bonds. The SMILES string of the molecule is CC(=O)/C(Sc1nc(-c2ccccc2F)nc2c1c(=O)n(C)c(=O)n2C)=C(\C)O. The van der Waals surface area contributed by atoms with Gasteiger partial charge in [0.1, 0.15) is 22.0 Å². The molecule has 0 aliphatic rings. The summed E-state index contributed by atoms with van der Waals surface area (Å²) in [5.41, 5.74) is -1.22. The average Bonchev–Trinajstić information content (AvgIpc) is 2.68. The summed E-state index contributed by atoms with van der Waals surface area (Å²) in [4.78, 5) is 45.6. The van der Waals surface area contributed by atoms with Gasteiger partial charge in [0, 0.05) is 14.1 Å². The smallest absolute Gasteiger partial charge is 0.332 e. The quantitative estimate of drug-likeness (QED) is 0.301. The zero-order valence-corrected chi connectivity index (χ0v) is 16.9. The molecule has 0 bridgehead atoms. The highest BCUT2D eigenvalue weighted by atomic mass is 32.2. The molecule has 8 nitrogen and oxygen atoms in total. The van der Waals surface area contributed by atoms with Gasteiger partial charge in [-0.05, 0) is 26.0 Å². The molecular formula is C19H17FN4O4S. The van der Waals surface area contributed by atoms with Gasteiger partial charge in [0.05, 0.1) is 10.5 Å². The van der Waals surface area contributed by atoms with Crippen molar-refractivity contribution in [3.8, 4) is 11.4 Å². The number of nitrogens with zero attached hydrogens (tertiary/aromatic N) is 4. The molecule has 0 saturated heterocycles. The van der Waals surface area contributed by atoms with E-state index in [0.29, 0.717) is 0 Å². The van der Waals surface area contributed by atoms with Crippen molar-refractivity contribution in [1.82, 2.24) is 19.1 Å². The Bertz CT molecular complexity index is 1310. The summed E-state index contributed by atoms with van der Waals surface area (Å²) in [5, 5.41) is 9.88. The lowest BCUT2D eigenvalue weighted by Gasteiger charge is -2.13. The minimum atomic E-state index is -0.663. The summed E-state index contributed by atoms with van der Waals surface area (Å²) in [6.45, 7) is 2.59. The van der Waals surface area contributed by atoms with E-state index in [-0.39, 0.29) is 38.1 Å². The number of carbonyl (C=O) groups is 1. The number of aliphatic hydroxyl groups excluding tert-OH is 1. The van der Waals surface area contributed by atoms with Gasteiger partial charge in [-0.15, -0.1) is 0 Å². The van der Waals surface area contributed by atoms with Gasteiger partial charge in [-0.3, -0.25) is 18.7 Å². The van der Waals surface area contributed by atoms with Crippen LogP contribution in [0.15, 0.2) is 49.5 Å². The first kappa shape index (κ1) is 20.5. The van der Waals surface area contributed by atoms with E-state index in [1.807, 2.05) is 0 Å². The maximum Gasteiger partial charge on any atom is 0.332 e. The van der Waals surface area contributed by atoms with E-state index in [4.69, 9.17) is 0 Å². The lowest BCUT2D eigenvalue weighted by atomic mass is 10.2. The minimum Gasteiger partial charge on any atom is -0.511 e. The van der Waals surface area contributed by atoms with Gasteiger partial charge >= 0.3 is 5.69 Å². The third-order valence-electron chi connectivity index (χ3n) is 4.23. The summed E-state index contributed by atoms with van der Waals surface area (Å²) in [6, 6.07) is 5.80. The molecule has 2 aromatic heterocycles. The second-order valence-electron chi connectivity index (χ2n) is 6.31. The van der Waals surface area contributed by atoms with Gasteiger partial charge in [-0.1, -0.05) is 23.9 Å². The van der Waals surface area contributed by atoms with Crippen molar-refractivity contribution in [2.45, 2.75) is 18.9 Å². The number of Topliss-reactive ketones (excluding diaryl/α,β-unsaturated/α-hetero) is 1. The molecule has 0 fully saturated rings. The number of aromatic nitrogens is 4. The highest BCUT2D eigenvalue weighted by molar-refractivity contribution is 8.04. The molecule has 0 aliphatic carbocycles. The molecule has 3 aromatic rings. The Hall–Kier alpha value is -3.27. The van der Waals surface area contributed by atoms with Crippen molar-refractivity contribution < 1.29 is 14.3 Å². The Labute approximate surface area is 168 Å². The molecule has 0 atom stereocenters. The van der Waals surface area contributed by atoms with Crippen LogP contribution in [0.3, 0.4) is 0 Å².